The largest absolute Gasteiger partial charge is 0.352 e. The molecule has 0 spiro atoms. The van der Waals surface area contributed by atoms with Crippen molar-refractivity contribution in [3.63, 3.8) is 0 Å². The Hall–Kier alpha value is -1.69. The molecule has 1 fully saturated rings. The summed E-state index contributed by atoms with van der Waals surface area (Å²) in [7, 11) is -1.97. The molecule has 1 aliphatic rings. The summed E-state index contributed by atoms with van der Waals surface area (Å²) in [4.78, 5) is 22.0. The summed E-state index contributed by atoms with van der Waals surface area (Å²) >= 11 is 0. The number of fused-ring (bicyclic) bond motifs is 1. The third kappa shape index (κ3) is 3.99. The predicted octanol–water partition coefficient (Wildman–Crippen LogP) is 1.67. The first kappa shape index (κ1) is 16.2. The van der Waals surface area contributed by atoms with E-state index in [1.54, 1.807) is 12.5 Å². The highest BCUT2D eigenvalue weighted by molar-refractivity contribution is 7.40. The first-order valence-corrected chi connectivity index (χ1v) is 8.30. The molecule has 9 nitrogen and oxygen atoms in total. The average molecular weight is 337 g/mol. The molecule has 2 aromatic heterocycles. The zero-order chi connectivity index (χ0) is 16.1. The van der Waals surface area contributed by atoms with E-state index in [4.69, 9.17) is 19.0 Å². The van der Waals surface area contributed by atoms with Crippen LogP contribution in [0.4, 0.5) is 0 Å². The van der Waals surface area contributed by atoms with E-state index in [0.717, 1.165) is 24.0 Å². The Bertz CT molecular complexity index is 690. The highest BCUT2D eigenvalue weighted by Gasteiger charge is 2.28. The van der Waals surface area contributed by atoms with Gasteiger partial charge in [0.1, 0.15) is 18.1 Å². The zero-order valence-electron chi connectivity index (χ0n) is 12.3. The molecule has 3 heterocycles. The van der Waals surface area contributed by atoms with Gasteiger partial charge in [-0.25, -0.2) is 15.0 Å². The first-order chi connectivity index (χ1) is 11.3. The van der Waals surface area contributed by atoms with Gasteiger partial charge in [0, 0.05) is 0 Å². The SMILES string of the molecule is N#CCCOP(O)OCC1CCC(n2cnc3cncnc32)O1. The Labute approximate surface area is 133 Å². The second-order valence-corrected chi connectivity index (χ2v) is 5.94. The van der Waals surface area contributed by atoms with E-state index < -0.39 is 8.60 Å². The van der Waals surface area contributed by atoms with Crippen LogP contribution in [0.25, 0.3) is 11.2 Å². The molecule has 1 aliphatic heterocycles. The fourth-order valence-corrected chi connectivity index (χ4v) is 2.98. The molecule has 2 aromatic rings. The summed E-state index contributed by atoms with van der Waals surface area (Å²) in [5, 5.41) is 8.39. The van der Waals surface area contributed by atoms with E-state index in [1.807, 2.05) is 10.6 Å². The molecule has 0 radical (unpaired) electrons. The molecule has 0 aromatic carbocycles. The van der Waals surface area contributed by atoms with Crippen LogP contribution < -0.4 is 0 Å². The van der Waals surface area contributed by atoms with Crippen molar-refractivity contribution in [2.24, 2.45) is 0 Å². The van der Waals surface area contributed by atoms with E-state index in [2.05, 4.69) is 15.0 Å². The molecule has 10 heteroatoms. The van der Waals surface area contributed by atoms with Crippen molar-refractivity contribution in [3.05, 3.63) is 18.9 Å². The van der Waals surface area contributed by atoms with E-state index in [9.17, 15) is 4.89 Å². The fraction of sp³-hybridized carbons (Fsp3) is 0.538. The van der Waals surface area contributed by atoms with Crippen LogP contribution in [0.15, 0.2) is 18.9 Å². The van der Waals surface area contributed by atoms with Crippen LogP contribution in [-0.4, -0.2) is 43.7 Å². The van der Waals surface area contributed by atoms with E-state index in [-0.39, 0.29) is 32.0 Å². The molecule has 1 saturated heterocycles. The van der Waals surface area contributed by atoms with Crippen LogP contribution in [-0.2, 0) is 13.8 Å². The maximum atomic E-state index is 9.55. The number of nitriles is 1. The lowest BCUT2D eigenvalue weighted by atomic mass is 10.2. The lowest BCUT2D eigenvalue weighted by Gasteiger charge is -2.16. The number of imidazole rings is 1. The van der Waals surface area contributed by atoms with Gasteiger partial charge in [0.25, 0.3) is 0 Å². The molecule has 1 N–H and O–H groups in total. The molecular formula is C13H16N5O4P. The molecule has 0 amide bonds. The normalized spacial score (nSPS) is 22.3. The molecule has 0 saturated carbocycles. The van der Waals surface area contributed by atoms with Crippen molar-refractivity contribution in [3.8, 4) is 6.07 Å². The van der Waals surface area contributed by atoms with E-state index >= 15 is 0 Å². The lowest BCUT2D eigenvalue weighted by Crippen LogP contribution is -2.15. The van der Waals surface area contributed by atoms with Crippen LogP contribution in [0.1, 0.15) is 25.5 Å². The highest BCUT2D eigenvalue weighted by Crippen LogP contribution is 2.36. The van der Waals surface area contributed by atoms with Crippen molar-refractivity contribution in [2.45, 2.75) is 31.6 Å². The molecule has 3 atom stereocenters. The molecule has 3 rings (SSSR count). The Morgan fingerprint density at radius 3 is 3.22 bits per heavy atom. The number of hydrogen-bond donors (Lipinski definition) is 1. The van der Waals surface area contributed by atoms with Crippen LogP contribution >= 0.6 is 8.60 Å². The highest BCUT2D eigenvalue weighted by atomic mass is 31.2. The summed E-state index contributed by atoms with van der Waals surface area (Å²) in [5.74, 6) is 0. The van der Waals surface area contributed by atoms with Gasteiger partial charge in [-0.2, -0.15) is 5.26 Å². The molecule has 23 heavy (non-hydrogen) atoms. The summed E-state index contributed by atoms with van der Waals surface area (Å²) < 4.78 is 18.0. The maximum Gasteiger partial charge on any atom is 0.329 e. The summed E-state index contributed by atoms with van der Waals surface area (Å²) in [5.41, 5.74) is 1.45. The van der Waals surface area contributed by atoms with Crippen molar-refractivity contribution in [1.29, 1.82) is 5.26 Å². The summed E-state index contributed by atoms with van der Waals surface area (Å²) in [6.07, 6.45) is 6.37. The minimum atomic E-state index is -1.97. The van der Waals surface area contributed by atoms with Gasteiger partial charge in [0.2, 0.25) is 0 Å². The third-order valence-corrected chi connectivity index (χ3v) is 4.19. The Morgan fingerprint density at radius 1 is 1.43 bits per heavy atom. The maximum absolute atomic E-state index is 9.55. The van der Waals surface area contributed by atoms with Gasteiger partial charge in [-0.05, 0) is 12.8 Å². The van der Waals surface area contributed by atoms with Gasteiger partial charge in [-0.15, -0.1) is 0 Å². The summed E-state index contributed by atoms with van der Waals surface area (Å²) in [6.45, 7) is 0.403. The van der Waals surface area contributed by atoms with Crippen molar-refractivity contribution < 1.29 is 18.7 Å². The van der Waals surface area contributed by atoms with Crippen LogP contribution in [0.5, 0.6) is 0 Å². The number of ether oxygens (including phenoxy) is 1. The predicted molar refractivity (Wildman–Crippen MR) is 79.7 cm³/mol. The van der Waals surface area contributed by atoms with Crippen molar-refractivity contribution in [2.75, 3.05) is 13.2 Å². The minimum absolute atomic E-state index is 0.129. The second kappa shape index (κ2) is 7.73. The van der Waals surface area contributed by atoms with Gasteiger partial charge < -0.3 is 18.7 Å². The van der Waals surface area contributed by atoms with Gasteiger partial charge in [-0.3, -0.25) is 4.57 Å². The fourth-order valence-electron chi connectivity index (χ4n) is 2.36. The number of nitrogens with zero attached hydrogens (tertiary/aromatic N) is 5. The van der Waals surface area contributed by atoms with Crippen molar-refractivity contribution >= 4 is 19.8 Å². The van der Waals surface area contributed by atoms with Gasteiger partial charge in [0.15, 0.2) is 5.65 Å². The van der Waals surface area contributed by atoms with E-state index in [0.29, 0.717) is 0 Å². The van der Waals surface area contributed by atoms with Crippen LogP contribution in [0, 0.1) is 11.3 Å². The van der Waals surface area contributed by atoms with Gasteiger partial charge >= 0.3 is 8.60 Å². The van der Waals surface area contributed by atoms with Crippen LogP contribution in [0.3, 0.4) is 0 Å². The quantitative estimate of drug-likeness (QED) is 0.599. The number of rotatable bonds is 7. The van der Waals surface area contributed by atoms with E-state index in [1.165, 1.54) is 6.33 Å². The standard InChI is InChI=1S/C13H16N5O4P/c14-4-1-5-20-23(19)21-7-10-2-3-12(22-10)18-9-17-11-6-15-8-16-13(11)18/h6,8-10,12,19H,1-3,5,7H2. The lowest BCUT2D eigenvalue weighted by molar-refractivity contribution is -0.0186. The van der Waals surface area contributed by atoms with Gasteiger partial charge in [-0.1, -0.05) is 0 Å². The second-order valence-electron chi connectivity index (χ2n) is 4.95. The van der Waals surface area contributed by atoms with Crippen molar-refractivity contribution in [1.82, 2.24) is 19.5 Å². The Kier molecular flexibility index (Phi) is 5.43. The molecule has 3 unspecified atom stereocenters. The molecule has 0 aliphatic carbocycles. The smallest absolute Gasteiger partial charge is 0.329 e. The molecular weight excluding hydrogens is 321 g/mol. The first-order valence-electron chi connectivity index (χ1n) is 7.17. The zero-order valence-corrected chi connectivity index (χ0v) is 13.2. The Morgan fingerprint density at radius 2 is 2.35 bits per heavy atom. The third-order valence-electron chi connectivity index (χ3n) is 3.42. The number of aromatic nitrogens is 4. The van der Waals surface area contributed by atoms with Crippen LogP contribution in [0.2, 0.25) is 0 Å². The monoisotopic (exact) mass is 337 g/mol. The number of hydrogen-bond acceptors (Lipinski definition) is 8. The average Bonchev–Trinajstić information content (AvgIpc) is 3.19. The van der Waals surface area contributed by atoms with Gasteiger partial charge in [0.05, 0.1) is 44.3 Å². The Balaban J connectivity index is 1.50. The molecule has 0 bridgehead atoms. The topological polar surface area (TPSA) is 115 Å². The molecule has 122 valence electrons. The minimum Gasteiger partial charge on any atom is -0.352 e. The summed E-state index contributed by atoms with van der Waals surface area (Å²) in [6, 6.07) is 1.93.